The van der Waals surface area contributed by atoms with Crippen LogP contribution in [-0.2, 0) is 13.2 Å². The average Bonchev–Trinajstić information content (AvgIpc) is 2.71. The Hall–Kier alpha value is -2.58. The maximum absolute atomic E-state index is 6.14. The standard InChI is InChI=1S/C25H29NO/c1-3-10-24(22-13-5-4-6-14-22)26-18-23-15-7-8-16-25(23)27-19-21-12-9-11-20(2)17-21/h4-9,11-17,24,26H,3,10,18-19H2,1-2H3. The first-order valence-corrected chi connectivity index (χ1v) is 9.81. The summed E-state index contributed by atoms with van der Waals surface area (Å²) in [5.74, 6) is 0.954. The fourth-order valence-electron chi connectivity index (χ4n) is 3.35. The van der Waals surface area contributed by atoms with Gasteiger partial charge in [0.05, 0.1) is 0 Å². The lowest BCUT2D eigenvalue weighted by Gasteiger charge is -2.20. The van der Waals surface area contributed by atoms with Gasteiger partial charge in [0.1, 0.15) is 12.4 Å². The van der Waals surface area contributed by atoms with E-state index in [0.29, 0.717) is 12.6 Å². The third-order valence-corrected chi connectivity index (χ3v) is 4.77. The van der Waals surface area contributed by atoms with Crippen LogP contribution in [0.5, 0.6) is 5.75 Å². The number of nitrogens with one attached hydrogen (secondary N) is 1. The summed E-state index contributed by atoms with van der Waals surface area (Å²) >= 11 is 0. The van der Waals surface area contributed by atoms with Gasteiger partial charge in [0.25, 0.3) is 0 Å². The highest BCUT2D eigenvalue weighted by Crippen LogP contribution is 2.23. The lowest BCUT2D eigenvalue weighted by molar-refractivity contribution is 0.301. The van der Waals surface area contributed by atoms with E-state index >= 15 is 0 Å². The van der Waals surface area contributed by atoms with Gasteiger partial charge in [0.15, 0.2) is 0 Å². The molecule has 3 aromatic rings. The van der Waals surface area contributed by atoms with Crippen LogP contribution in [-0.4, -0.2) is 0 Å². The Morgan fingerprint density at radius 3 is 2.44 bits per heavy atom. The van der Waals surface area contributed by atoms with E-state index in [4.69, 9.17) is 4.74 Å². The number of aryl methyl sites for hydroxylation is 1. The fourth-order valence-corrected chi connectivity index (χ4v) is 3.35. The monoisotopic (exact) mass is 359 g/mol. The Kier molecular flexibility index (Phi) is 7.06. The van der Waals surface area contributed by atoms with Gasteiger partial charge in [-0.25, -0.2) is 0 Å². The number of benzene rings is 3. The van der Waals surface area contributed by atoms with Crippen LogP contribution in [0.15, 0.2) is 78.9 Å². The predicted octanol–water partition coefficient (Wildman–Crippen LogP) is 6.21. The molecule has 0 saturated heterocycles. The van der Waals surface area contributed by atoms with Gasteiger partial charge in [-0.2, -0.15) is 0 Å². The summed E-state index contributed by atoms with van der Waals surface area (Å²) in [5.41, 5.74) is 5.00. The van der Waals surface area contributed by atoms with Gasteiger partial charge in [0, 0.05) is 18.2 Å². The Morgan fingerprint density at radius 2 is 1.67 bits per heavy atom. The van der Waals surface area contributed by atoms with Crippen LogP contribution >= 0.6 is 0 Å². The molecule has 0 saturated carbocycles. The van der Waals surface area contributed by atoms with E-state index in [1.54, 1.807) is 0 Å². The molecule has 0 spiro atoms. The molecule has 1 N–H and O–H groups in total. The summed E-state index contributed by atoms with van der Waals surface area (Å²) in [6.45, 7) is 5.73. The minimum atomic E-state index is 0.362. The third kappa shape index (κ3) is 5.70. The molecule has 0 radical (unpaired) electrons. The zero-order valence-corrected chi connectivity index (χ0v) is 16.3. The molecule has 140 valence electrons. The van der Waals surface area contributed by atoms with Crippen LogP contribution in [0.2, 0.25) is 0 Å². The molecule has 1 unspecified atom stereocenters. The first-order valence-electron chi connectivity index (χ1n) is 9.81. The number of rotatable bonds is 9. The highest BCUT2D eigenvalue weighted by atomic mass is 16.5. The summed E-state index contributed by atoms with van der Waals surface area (Å²) in [6, 6.07) is 27.9. The van der Waals surface area contributed by atoms with E-state index in [-0.39, 0.29) is 0 Å². The Balaban J connectivity index is 1.66. The third-order valence-electron chi connectivity index (χ3n) is 4.77. The highest BCUT2D eigenvalue weighted by molar-refractivity contribution is 5.34. The molecule has 0 aromatic heterocycles. The van der Waals surface area contributed by atoms with E-state index in [1.165, 1.54) is 22.3 Å². The van der Waals surface area contributed by atoms with Crippen molar-refractivity contribution in [3.05, 3.63) is 101 Å². The van der Waals surface area contributed by atoms with E-state index in [0.717, 1.165) is 25.1 Å². The molecule has 0 bridgehead atoms. The van der Waals surface area contributed by atoms with Gasteiger partial charge in [0.2, 0.25) is 0 Å². The minimum Gasteiger partial charge on any atom is -0.489 e. The summed E-state index contributed by atoms with van der Waals surface area (Å²) in [6.07, 6.45) is 2.27. The first-order chi connectivity index (χ1) is 13.3. The summed E-state index contributed by atoms with van der Waals surface area (Å²) < 4.78 is 6.14. The zero-order valence-electron chi connectivity index (χ0n) is 16.3. The van der Waals surface area contributed by atoms with Crippen LogP contribution < -0.4 is 10.1 Å². The number of para-hydroxylation sites is 1. The molecule has 2 nitrogen and oxygen atoms in total. The summed E-state index contributed by atoms with van der Waals surface area (Å²) in [4.78, 5) is 0. The summed E-state index contributed by atoms with van der Waals surface area (Å²) in [5, 5.41) is 3.72. The second-order valence-corrected chi connectivity index (χ2v) is 7.02. The molecule has 1 atom stereocenters. The molecule has 27 heavy (non-hydrogen) atoms. The molecule has 0 amide bonds. The van der Waals surface area contributed by atoms with Crippen LogP contribution in [0.3, 0.4) is 0 Å². The average molecular weight is 360 g/mol. The van der Waals surface area contributed by atoms with Crippen molar-refractivity contribution in [1.82, 2.24) is 5.32 Å². The smallest absolute Gasteiger partial charge is 0.124 e. The largest absolute Gasteiger partial charge is 0.489 e. The van der Waals surface area contributed by atoms with Gasteiger partial charge in [-0.05, 0) is 30.5 Å². The molecule has 2 heteroatoms. The zero-order chi connectivity index (χ0) is 18.9. The van der Waals surface area contributed by atoms with Crippen LogP contribution in [0.1, 0.15) is 48.1 Å². The maximum Gasteiger partial charge on any atom is 0.124 e. The van der Waals surface area contributed by atoms with Gasteiger partial charge < -0.3 is 10.1 Å². The first kappa shape index (κ1) is 19.2. The van der Waals surface area contributed by atoms with Crippen molar-refractivity contribution in [3.63, 3.8) is 0 Å². The number of hydrogen-bond donors (Lipinski definition) is 1. The van der Waals surface area contributed by atoms with Gasteiger partial charge in [-0.1, -0.05) is 91.7 Å². The lowest BCUT2D eigenvalue weighted by atomic mass is 10.0. The molecular weight excluding hydrogens is 330 g/mol. The molecule has 3 aromatic carbocycles. The topological polar surface area (TPSA) is 21.3 Å². The van der Waals surface area contributed by atoms with Crippen molar-refractivity contribution in [3.8, 4) is 5.75 Å². The van der Waals surface area contributed by atoms with Crippen molar-refractivity contribution < 1.29 is 4.74 Å². The second kappa shape index (κ2) is 9.94. The van der Waals surface area contributed by atoms with Crippen molar-refractivity contribution in [2.24, 2.45) is 0 Å². The van der Waals surface area contributed by atoms with Crippen molar-refractivity contribution in [1.29, 1.82) is 0 Å². The molecule has 3 rings (SSSR count). The number of hydrogen-bond acceptors (Lipinski definition) is 2. The van der Waals surface area contributed by atoms with Crippen molar-refractivity contribution in [2.45, 2.75) is 45.9 Å². The van der Waals surface area contributed by atoms with E-state index in [9.17, 15) is 0 Å². The van der Waals surface area contributed by atoms with E-state index in [2.05, 4.69) is 92.0 Å². The van der Waals surface area contributed by atoms with Crippen molar-refractivity contribution >= 4 is 0 Å². The van der Waals surface area contributed by atoms with Crippen molar-refractivity contribution in [2.75, 3.05) is 0 Å². The molecular formula is C25H29NO. The van der Waals surface area contributed by atoms with Gasteiger partial charge in [-0.3, -0.25) is 0 Å². The molecule has 0 aliphatic rings. The predicted molar refractivity (Wildman–Crippen MR) is 113 cm³/mol. The Bertz CT molecular complexity index is 828. The summed E-state index contributed by atoms with van der Waals surface area (Å²) in [7, 11) is 0. The molecule has 0 fully saturated rings. The fraction of sp³-hybridized carbons (Fsp3) is 0.280. The molecule has 0 heterocycles. The Morgan fingerprint density at radius 1 is 0.889 bits per heavy atom. The van der Waals surface area contributed by atoms with Gasteiger partial charge in [-0.15, -0.1) is 0 Å². The minimum absolute atomic E-state index is 0.362. The second-order valence-electron chi connectivity index (χ2n) is 7.02. The van der Waals surface area contributed by atoms with E-state index in [1.807, 2.05) is 6.07 Å². The Labute approximate surface area is 163 Å². The normalized spacial score (nSPS) is 11.9. The highest BCUT2D eigenvalue weighted by Gasteiger charge is 2.11. The molecule has 0 aliphatic heterocycles. The van der Waals surface area contributed by atoms with Gasteiger partial charge >= 0.3 is 0 Å². The number of ether oxygens (including phenoxy) is 1. The maximum atomic E-state index is 6.14. The SMILES string of the molecule is CCCC(NCc1ccccc1OCc1cccc(C)c1)c1ccccc1. The van der Waals surface area contributed by atoms with E-state index < -0.39 is 0 Å². The quantitative estimate of drug-likeness (QED) is 0.491. The molecule has 0 aliphatic carbocycles. The van der Waals surface area contributed by atoms with Crippen LogP contribution in [0.4, 0.5) is 0 Å². The lowest BCUT2D eigenvalue weighted by Crippen LogP contribution is -2.21. The van der Waals surface area contributed by atoms with Crippen LogP contribution in [0.25, 0.3) is 0 Å². The van der Waals surface area contributed by atoms with Crippen LogP contribution in [0, 0.1) is 6.92 Å².